The Morgan fingerprint density at radius 2 is 1.93 bits per heavy atom. The summed E-state index contributed by atoms with van der Waals surface area (Å²) in [5.41, 5.74) is 5.59. The molecule has 0 bridgehead atoms. The van der Waals surface area contributed by atoms with Gasteiger partial charge in [0.1, 0.15) is 0 Å². The zero-order valence-corrected chi connectivity index (χ0v) is 18.5. The number of ether oxygens (including phenoxy) is 1. The second-order valence-electron chi connectivity index (χ2n) is 9.37. The third-order valence-corrected chi connectivity index (χ3v) is 6.12. The molecule has 1 fully saturated rings. The van der Waals surface area contributed by atoms with Crippen molar-refractivity contribution < 1.29 is 9.53 Å². The molecule has 2 N–H and O–H groups in total. The van der Waals surface area contributed by atoms with Gasteiger partial charge in [0.05, 0.1) is 19.3 Å². The summed E-state index contributed by atoms with van der Waals surface area (Å²) in [6.07, 6.45) is 0.974. The van der Waals surface area contributed by atoms with E-state index in [2.05, 4.69) is 65.8 Å². The summed E-state index contributed by atoms with van der Waals surface area (Å²) in [5, 5.41) is 6.72. The van der Waals surface area contributed by atoms with E-state index in [1.165, 1.54) is 16.8 Å². The van der Waals surface area contributed by atoms with Crippen LogP contribution in [0.1, 0.15) is 61.6 Å². The van der Waals surface area contributed by atoms with Gasteiger partial charge in [0, 0.05) is 36.1 Å². The fraction of sp³-hybridized carbons (Fsp3) is 0.480. The summed E-state index contributed by atoms with van der Waals surface area (Å²) in [6, 6.07) is 15.3. The molecule has 30 heavy (non-hydrogen) atoms. The smallest absolute Gasteiger partial charge is 0.251 e. The first-order valence-electron chi connectivity index (χ1n) is 11.0. The molecule has 2 aliphatic rings. The molecule has 0 saturated carbocycles. The highest BCUT2D eigenvalue weighted by molar-refractivity contribution is 5.95. The number of carbonyl (C=O) groups excluding carboxylic acids is 1. The molecule has 2 aromatic carbocycles. The molecule has 0 radical (unpaired) electrons. The number of nitrogens with zero attached hydrogens (tertiary/aromatic N) is 1. The molecular weight excluding hydrogens is 374 g/mol. The van der Waals surface area contributed by atoms with Crippen molar-refractivity contribution in [3.8, 4) is 0 Å². The van der Waals surface area contributed by atoms with Crippen LogP contribution in [0.2, 0.25) is 0 Å². The maximum Gasteiger partial charge on any atom is 0.251 e. The van der Waals surface area contributed by atoms with Crippen molar-refractivity contribution >= 4 is 17.3 Å². The highest BCUT2D eigenvalue weighted by atomic mass is 16.5. The molecule has 5 nitrogen and oxygen atoms in total. The molecule has 1 saturated heterocycles. The lowest BCUT2D eigenvalue weighted by Gasteiger charge is -2.39. The van der Waals surface area contributed by atoms with Crippen LogP contribution in [0.25, 0.3) is 0 Å². The zero-order valence-electron chi connectivity index (χ0n) is 18.5. The Labute approximate surface area is 179 Å². The van der Waals surface area contributed by atoms with E-state index in [1.807, 2.05) is 19.9 Å². The Bertz CT molecular complexity index is 916. The van der Waals surface area contributed by atoms with Gasteiger partial charge in [-0.2, -0.15) is 0 Å². The number of amides is 1. The Morgan fingerprint density at radius 1 is 1.17 bits per heavy atom. The number of carbonyl (C=O) groups is 1. The average Bonchev–Trinajstić information content (AvgIpc) is 2.73. The first-order valence-corrected chi connectivity index (χ1v) is 11.0. The lowest BCUT2D eigenvalue weighted by atomic mass is 9.73. The number of nitrogens with one attached hydrogen (secondary N) is 2. The molecule has 1 unspecified atom stereocenters. The lowest BCUT2D eigenvalue weighted by molar-refractivity contribution is 0.0943. The Morgan fingerprint density at radius 3 is 2.67 bits per heavy atom. The van der Waals surface area contributed by atoms with E-state index < -0.39 is 0 Å². The Kier molecular flexibility index (Phi) is 5.74. The Hall–Kier alpha value is -2.53. The van der Waals surface area contributed by atoms with Gasteiger partial charge < -0.3 is 20.3 Å². The molecule has 1 amide bonds. The first kappa shape index (κ1) is 20.7. The van der Waals surface area contributed by atoms with Gasteiger partial charge in [0.15, 0.2) is 0 Å². The second-order valence-corrected chi connectivity index (χ2v) is 9.37. The molecule has 160 valence electrons. The molecule has 0 aromatic heterocycles. The minimum absolute atomic E-state index is 0.0102. The second kappa shape index (κ2) is 8.31. The van der Waals surface area contributed by atoms with Gasteiger partial charge >= 0.3 is 0 Å². The maximum absolute atomic E-state index is 12.5. The van der Waals surface area contributed by atoms with Crippen LogP contribution < -0.4 is 15.5 Å². The third kappa shape index (κ3) is 4.31. The maximum atomic E-state index is 12.5. The summed E-state index contributed by atoms with van der Waals surface area (Å²) in [6.45, 7) is 12.0. The largest absolute Gasteiger partial charge is 0.378 e. The minimum Gasteiger partial charge on any atom is -0.378 e. The standard InChI is InChI=1S/C25H33N3O2/c1-17(2)26-24(29)19-8-9-22-21(15-19)25(3,4)16-23(27-22)18-6-5-7-20(14-18)28-10-12-30-13-11-28/h5-9,14-15,17,23,27H,10-13,16H2,1-4H3,(H,26,29). The number of hydrogen-bond acceptors (Lipinski definition) is 4. The summed E-state index contributed by atoms with van der Waals surface area (Å²) in [5.74, 6) is -0.0102. The summed E-state index contributed by atoms with van der Waals surface area (Å²) in [4.78, 5) is 14.9. The quantitative estimate of drug-likeness (QED) is 0.784. The van der Waals surface area contributed by atoms with Crippen molar-refractivity contribution in [3.63, 3.8) is 0 Å². The van der Waals surface area contributed by atoms with Crippen molar-refractivity contribution in [3.05, 3.63) is 59.2 Å². The van der Waals surface area contributed by atoms with Gasteiger partial charge in [-0.25, -0.2) is 0 Å². The minimum atomic E-state index is -0.0334. The van der Waals surface area contributed by atoms with Crippen molar-refractivity contribution in [2.75, 3.05) is 36.5 Å². The van der Waals surface area contributed by atoms with Crippen LogP contribution in [0.15, 0.2) is 42.5 Å². The average molecular weight is 408 g/mol. The molecular formula is C25H33N3O2. The molecule has 5 heteroatoms. The fourth-order valence-corrected chi connectivity index (χ4v) is 4.54. The number of hydrogen-bond donors (Lipinski definition) is 2. The summed E-state index contributed by atoms with van der Waals surface area (Å²) in [7, 11) is 0. The lowest BCUT2D eigenvalue weighted by Crippen LogP contribution is -2.36. The SMILES string of the molecule is CC(C)NC(=O)c1ccc2c(c1)C(C)(C)CC(c1cccc(N3CCOCC3)c1)N2. The van der Waals surface area contributed by atoms with Crippen molar-refractivity contribution in [2.24, 2.45) is 0 Å². The van der Waals surface area contributed by atoms with Gasteiger partial charge in [0.2, 0.25) is 0 Å². The van der Waals surface area contributed by atoms with Crippen LogP contribution in [0.5, 0.6) is 0 Å². The van der Waals surface area contributed by atoms with Crippen molar-refractivity contribution in [1.29, 1.82) is 0 Å². The van der Waals surface area contributed by atoms with Crippen LogP contribution in [0.3, 0.4) is 0 Å². The number of anilines is 2. The molecule has 4 rings (SSSR count). The molecule has 0 aliphatic carbocycles. The molecule has 2 aromatic rings. The third-order valence-electron chi connectivity index (χ3n) is 6.12. The van der Waals surface area contributed by atoms with Crippen LogP contribution in [0.4, 0.5) is 11.4 Å². The summed E-state index contributed by atoms with van der Waals surface area (Å²) >= 11 is 0. The number of benzene rings is 2. The van der Waals surface area contributed by atoms with Crippen molar-refractivity contribution in [1.82, 2.24) is 5.32 Å². The highest BCUT2D eigenvalue weighted by Gasteiger charge is 2.34. The van der Waals surface area contributed by atoms with Crippen LogP contribution >= 0.6 is 0 Å². The van der Waals surface area contributed by atoms with Crippen LogP contribution in [-0.2, 0) is 10.2 Å². The predicted molar refractivity (Wildman–Crippen MR) is 123 cm³/mol. The van der Waals surface area contributed by atoms with Crippen LogP contribution in [-0.4, -0.2) is 38.3 Å². The Balaban J connectivity index is 1.59. The number of morpholine rings is 1. The zero-order chi connectivity index (χ0) is 21.3. The van der Waals surface area contributed by atoms with Gasteiger partial charge in [-0.15, -0.1) is 0 Å². The molecule has 2 aliphatic heterocycles. The molecule has 2 heterocycles. The molecule has 0 spiro atoms. The van der Waals surface area contributed by atoms with E-state index in [-0.39, 0.29) is 23.4 Å². The number of fused-ring (bicyclic) bond motifs is 1. The van der Waals surface area contributed by atoms with Crippen molar-refractivity contribution in [2.45, 2.75) is 51.6 Å². The van der Waals surface area contributed by atoms with E-state index >= 15 is 0 Å². The normalized spacial score (nSPS) is 20.4. The predicted octanol–water partition coefficient (Wildman–Crippen LogP) is 4.50. The highest BCUT2D eigenvalue weighted by Crippen LogP contribution is 2.44. The molecule has 1 atom stereocenters. The van der Waals surface area contributed by atoms with E-state index in [0.29, 0.717) is 0 Å². The monoisotopic (exact) mass is 407 g/mol. The van der Waals surface area contributed by atoms with Gasteiger partial charge in [-0.3, -0.25) is 4.79 Å². The van der Waals surface area contributed by atoms with E-state index in [4.69, 9.17) is 4.74 Å². The van der Waals surface area contributed by atoms with E-state index in [0.717, 1.165) is 44.0 Å². The van der Waals surface area contributed by atoms with E-state index in [1.54, 1.807) is 0 Å². The van der Waals surface area contributed by atoms with Gasteiger partial charge in [0.25, 0.3) is 5.91 Å². The topological polar surface area (TPSA) is 53.6 Å². The first-order chi connectivity index (χ1) is 14.3. The fourth-order valence-electron chi connectivity index (χ4n) is 4.54. The van der Waals surface area contributed by atoms with E-state index in [9.17, 15) is 4.79 Å². The number of rotatable bonds is 4. The van der Waals surface area contributed by atoms with Gasteiger partial charge in [-0.05, 0) is 67.1 Å². The van der Waals surface area contributed by atoms with Crippen LogP contribution in [0, 0.1) is 0 Å². The summed E-state index contributed by atoms with van der Waals surface area (Å²) < 4.78 is 5.50. The van der Waals surface area contributed by atoms with Gasteiger partial charge in [-0.1, -0.05) is 26.0 Å².